The van der Waals surface area contributed by atoms with Gasteiger partial charge >= 0.3 is 0 Å². The van der Waals surface area contributed by atoms with Gasteiger partial charge in [0, 0.05) is 36.2 Å². The van der Waals surface area contributed by atoms with Crippen LogP contribution in [-0.4, -0.2) is 30.0 Å². The lowest BCUT2D eigenvalue weighted by Gasteiger charge is -2.34. The number of amides is 1. The maximum absolute atomic E-state index is 11.7. The highest BCUT2D eigenvalue weighted by Crippen LogP contribution is 2.23. The molecule has 0 aromatic carbocycles. The van der Waals surface area contributed by atoms with Crippen molar-refractivity contribution in [1.82, 2.24) is 10.3 Å². The summed E-state index contributed by atoms with van der Waals surface area (Å²) in [6.45, 7) is 5.97. The second kappa shape index (κ2) is 7.07. The molecule has 0 aliphatic carbocycles. The van der Waals surface area contributed by atoms with Crippen molar-refractivity contribution in [2.45, 2.75) is 45.6 Å². The quantitative estimate of drug-likeness (QED) is 0.916. The minimum atomic E-state index is 0.167. The highest BCUT2D eigenvalue weighted by atomic mass is 79.9. The number of aromatic nitrogens is 1. The molecule has 1 unspecified atom stereocenters. The molecule has 1 saturated heterocycles. The summed E-state index contributed by atoms with van der Waals surface area (Å²) in [7, 11) is 0. The Morgan fingerprint density at radius 1 is 1.60 bits per heavy atom. The van der Waals surface area contributed by atoms with Gasteiger partial charge in [0.05, 0.1) is 0 Å². The number of pyridine rings is 1. The van der Waals surface area contributed by atoms with Gasteiger partial charge in [0.15, 0.2) is 0 Å². The lowest BCUT2D eigenvalue weighted by atomic mass is 10.0. The van der Waals surface area contributed by atoms with E-state index in [4.69, 9.17) is 0 Å². The van der Waals surface area contributed by atoms with Crippen LogP contribution in [0.4, 0.5) is 5.82 Å². The van der Waals surface area contributed by atoms with Crippen LogP contribution < -0.4 is 10.2 Å². The van der Waals surface area contributed by atoms with Gasteiger partial charge in [-0.1, -0.05) is 6.92 Å². The SMILES string of the molecule is CCCC(=O)NC1CCCN(c2ncc(Br)cc2C)C1. The van der Waals surface area contributed by atoms with Crippen LogP contribution in [0.25, 0.3) is 0 Å². The van der Waals surface area contributed by atoms with Crippen molar-refractivity contribution in [3.05, 3.63) is 22.3 Å². The van der Waals surface area contributed by atoms with E-state index < -0.39 is 0 Å². The first kappa shape index (κ1) is 15.3. The summed E-state index contributed by atoms with van der Waals surface area (Å²) in [5.74, 6) is 1.20. The molecule has 1 amide bonds. The molecular weight excluding hydrogens is 318 g/mol. The zero-order chi connectivity index (χ0) is 14.5. The number of carbonyl (C=O) groups is 1. The van der Waals surface area contributed by atoms with Crippen molar-refractivity contribution in [3.8, 4) is 0 Å². The average Bonchev–Trinajstić information content (AvgIpc) is 2.39. The van der Waals surface area contributed by atoms with E-state index in [-0.39, 0.29) is 11.9 Å². The van der Waals surface area contributed by atoms with Crippen molar-refractivity contribution in [3.63, 3.8) is 0 Å². The monoisotopic (exact) mass is 339 g/mol. The third-order valence-corrected chi connectivity index (χ3v) is 4.01. The summed E-state index contributed by atoms with van der Waals surface area (Å²) in [6.07, 6.45) is 5.50. The number of anilines is 1. The summed E-state index contributed by atoms with van der Waals surface area (Å²) in [6, 6.07) is 2.33. The van der Waals surface area contributed by atoms with E-state index in [1.165, 1.54) is 5.56 Å². The molecule has 110 valence electrons. The molecule has 20 heavy (non-hydrogen) atoms. The molecule has 2 heterocycles. The molecule has 0 bridgehead atoms. The Morgan fingerprint density at radius 2 is 2.40 bits per heavy atom. The molecule has 4 nitrogen and oxygen atoms in total. The fourth-order valence-corrected chi connectivity index (χ4v) is 3.12. The molecular formula is C15H22BrN3O. The maximum Gasteiger partial charge on any atom is 0.220 e. The maximum atomic E-state index is 11.7. The molecule has 1 N–H and O–H groups in total. The Morgan fingerprint density at radius 3 is 3.10 bits per heavy atom. The third kappa shape index (κ3) is 3.95. The zero-order valence-electron chi connectivity index (χ0n) is 12.2. The van der Waals surface area contributed by atoms with Gasteiger partial charge in [-0.25, -0.2) is 4.98 Å². The topological polar surface area (TPSA) is 45.2 Å². The number of rotatable bonds is 4. The van der Waals surface area contributed by atoms with Gasteiger partial charge in [-0.3, -0.25) is 4.79 Å². The van der Waals surface area contributed by atoms with Crippen LogP contribution in [0.5, 0.6) is 0 Å². The Hall–Kier alpha value is -1.10. The standard InChI is InChI=1S/C15H22BrN3O/c1-3-5-14(20)18-13-6-4-7-19(10-13)15-11(2)8-12(16)9-17-15/h8-9,13H,3-7,10H2,1-2H3,(H,18,20). The van der Waals surface area contributed by atoms with Crippen molar-refractivity contribution in [2.24, 2.45) is 0 Å². The number of nitrogens with zero attached hydrogens (tertiary/aromatic N) is 2. The first-order valence-electron chi connectivity index (χ1n) is 7.26. The van der Waals surface area contributed by atoms with E-state index in [1.807, 2.05) is 13.1 Å². The van der Waals surface area contributed by atoms with Crippen molar-refractivity contribution < 1.29 is 4.79 Å². The van der Waals surface area contributed by atoms with Gasteiger partial charge in [-0.2, -0.15) is 0 Å². The summed E-state index contributed by atoms with van der Waals surface area (Å²) in [5.41, 5.74) is 1.17. The molecule has 0 spiro atoms. The Balaban J connectivity index is 2.01. The molecule has 1 aliphatic rings. The highest BCUT2D eigenvalue weighted by molar-refractivity contribution is 9.10. The molecule has 0 radical (unpaired) electrons. The second-order valence-corrected chi connectivity index (χ2v) is 6.31. The molecule has 1 fully saturated rings. The molecule has 1 atom stereocenters. The Kier molecular flexibility index (Phi) is 5.40. The van der Waals surface area contributed by atoms with Crippen LogP contribution in [0.1, 0.15) is 38.2 Å². The second-order valence-electron chi connectivity index (χ2n) is 5.40. The summed E-state index contributed by atoms with van der Waals surface area (Å²) in [4.78, 5) is 18.5. The lowest BCUT2D eigenvalue weighted by Crippen LogP contribution is -2.48. The van der Waals surface area contributed by atoms with Gasteiger partial charge in [-0.15, -0.1) is 0 Å². The number of hydrogen-bond acceptors (Lipinski definition) is 3. The van der Waals surface area contributed by atoms with E-state index in [0.717, 1.165) is 42.6 Å². The number of piperidine rings is 1. The smallest absolute Gasteiger partial charge is 0.220 e. The number of aryl methyl sites for hydroxylation is 1. The summed E-state index contributed by atoms with van der Waals surface area (Å²) >= 11 is 3.44. The number of hydrogen-bond donors (Lipinski definition) is 1. The van der Waals surface area contributed by atoms with Crippen LogP contribution in [0.3, 0.4) is 0 Å². The molecule has 2 rings (SSSR count). The van der Waals surface area contributed by atoms with E-state index in [2.05, 4.69) is 44.1 Å². The number of nitrogens with one attached hydrogen (secondary N) is 1. The molecule has 1 aliphatic heterocycles. The van der Waals surface area contributed by atoms with Gasteiger partial charge in [-0.05, 0) is 53.7 Å². The van der Waals surface area contributed by atoms with Crippen LogP contribution >= 0.6 is 15.9 Å². The van der Waals surface area contributed by atoms with Crippen molar-refractivity contribution >= 4 is 27.7 Å². The molecule has 1 aromatic rings. The average molecular weight is 340 g/mol. The Labute approximate surface area is 129 Å². The summed E-state index contributed by atoms with van der Waals surface area (Å²) < 4.78 is 1.00. The van der Waals surface area contributed by atoms with Gasteiger partial charge in [0.25, 0.3) is 0 Å². The minimum Gasteiger partial charge on any atom is -0.354 e. The minimum absolute atomic E-state index is 0.167. The van der Waals surface area contributed by atoms with Crippen molar-refractivity contribution in [1.29, 1.82) is 0 Å². The van der Waals surface area contributed by atoms with E-state index in [0.29, 0.717) is 6.42 Å². The fourth-order valence-electron chi connectivity index (χ4n) is 2.68. The normalized spacial score (nSPS) is 18.9. The van der Waals surface area contributed by atoms with E-state index >= 15 is 0 Å². The van der Waals surface area contributed by atoms with Gasteiger partial charge in [0.1, 0.15) is 5.82 Å². The van der Waals surface area contributed by atoms with E-state index in [1.54, 1.807) is 0 Å². The van der Waals surface area contributed by atoms with E-state index in [9.17, 15) is 4.79 Å². The zero-order valence-corrected chi connectivity index (χ0v) is 13.7. The predicted octanol–water partition coefficient (Wildman–Crippen LogP) is 3.04. The lowest BCUT2D eigenvalue weighted by molar-refractivity contribution is -0.121. The highest BCUT2D eigenvalue weighted by Gasteiger charge is 2.23. The number of carbonyl (C=O) groups excluding carboxylic acids is 1. The largest absolute Gasteiger partial charge is 0.354 e. The first-order chi connectivity index (χ1) is 9.60. The van der Waals surface area contributed by atoms with Crippen LogP contribution in [0.2, 0.25) is 0 Å². The van der Waals surface area contributed by atoms with Crippen LogP contribution in [-0.2, 0) is 4.79 Å². The molecule has 1 aromatic heterocycles. The predicted molar refractivity (Wildman–Crippen MR) is 85.0 cm³/mol. The van der Waals surface area contributed by atoms with Crippen LogP contribution in [0, 0.1) is 6.92 Å². The molecule has 0 saturated carbocycles. The van der Waals surface area contributed by atoms with Crippen LogP contribution in [0.15, 0.2) is 16.7 Å². The molecule has 5 heteroatoms. The first-order valence-corrected chi connectivity index (χ1v) is 8.06. The summed E-state index contributed by atoms with van der Waals surface area (Å²) in [5, 5.41) is 3.13. The Bertz CT molecular complexity index is 478. The van der Waals surface area contributed by atoms with Gasteiger partial charge < -0.3 is 10.2 Å². The third-order valence-electron chi connectivity index (χ3n) is 3.58. The van der Waals surface area contributed by atoms with Gasteiger partial charge in [0.2, 0.25) is 5.91 Å². The number of halogens is 1. The van der Waals surface area contributed by atoms with Crippen molar-refractivity contribution in [2.75, 3.05) is 18.0 Å². The fraction of sp³-hybridized carbons (Fsp3) is 0.600.